The molecule has 5 nitrogen and oxygen atoms in total. The Morgan fingerprint density at radius 2 is 2.26 bits per heavy atom. The van der Waals surface area contributed by atoms with Gasteiger partial charge in [0, 0.05) is 19.6 Å². The molecule has 0 radical (unpaired) electrons. The highest BCUT2D eigenvalue weighted by atomic mass is 16.5. The Hall–Kier alpha value is -1.46. The van der Waals surface area contributed by atoms with Gasteiger partial charge in [0.1, 0.15) is 6.10 Å². The standard InChI is InChI=1S/C11H17N3O2.C3H6/c1-9-6-13-11(7-12-9)16-10-2-3-14(8-10)4-5-15;1-3-2/h6-7,10,15H,2-5,8H2,1H3;3H,1H2,2H3/t10-;/m1./s1. The number of aromatic nitrogens is 2. The number of hydrogen-bond donors (Lipinski definition) is 1. The van der Waals surface area contributed by atoms with Crippen molar-refractivity contribution in [3.05, 3.63) is 30.7 Å². The molecule has 1 saturated heterocycles. The second-order valence-corrected chi connectivity index (χ2v) is 4.46. The number of allylic oxidation sites excluding steroid dienone is 1. The van der Waals surface area contributed by atoms with E-state index >= 15 is 0 Å². The molecule has 0 unspecified atom stereocenters. The fourth-order valence-electron chi connectivity index (χ4n) is 1.85. The number of aryl methyl sites for hydroxylation is 1. The third-order valence-corrected chi connectivity index (χ3v) is 2.69. The van der Waals surface area contributed by atoms with Crippen molar-refractivity contribution in [3.8, 4) is 5.88 Å². The van der Waals surface area contributed by atoms with E-state index in [1.165, 1.54) is 0 Å². The predicted octanol–water partition coefficient (Wildman–Crippen LogP) is 1.42. The zero-order valence-electron chi connectivity index (χ0n) is 11.7. The molecule has 106 valence electrons. The molecule has 1 aromatic rings. The normalized spacial score (nSPS) is 18.6. The molecule has 0 saturated carbocycles. The summed E-state index contributed by atoms with van der Waals surface area (Å²) in [5.41, 5.74) is 0.890. The lowest BCUT2D eigenvalue weighted by molar-refractivity contribution is 0.176. The van der Waals surface area contributed by atoms with Gasteiger partial charge >= 0.3 is 0 Å². The van der Waals surface area contributed by atoms with Crippen molar-refractivity contribution in [2.24, 2.45) is 0 Å². The molecule has 1 aliphatic rings. The van der Waals surface area contributed by atoms with Crippen LogP contribution in [0.3, 0.4) is 0 Å². The van der Waals surface area contributed by atoms with Crippen molar-refractivity contribution in [3.63, 3.8) is 0 Å². The Labute approximate surface area is 114 Å². The van der Waals surface area contributed by atoms with Gasteiger partial charge in [-0.1, -0.05) is 6.08 Å². The van der Waals surface area contributed by atoms with E-state index in [9.17, 15) is 0 Å². The molecule has 0 bridgehead atoms. The molecule has 0 aromatic carbocycles. The Bertz CT molecular complexity index is 367. The van der Waals surface area contributed by atoms with Crippen LogP contribution in [-0.2, 0) is 0 Å². The lowest BCUT2D eigenvalue weighted by Gasteiger charge is -2.14. The van der Waals surface area contributed by atoms with Gasteiger partial charge in [-0.2, -0.15) is 0 Å². The molecule has 0 amide bonds. The first-order valence-electron chi connectivity index (χ1n) is 6.55. The molecule has 1 aromatic heterocycles. The van der Waals surface area contributed by atoms with Crippen LogP contribution in [0.4, 0.5) is 0 Å². The Morgan fingerprint density at radius 1 is 1.53 bits per heavy atom. The second kappa shape index (κ2) is 8.61. The minimum Gasteiger partial charge on any atom is -0.472 e. The van der Waals surface area contributed by atoms with E-state index in [1.54, 1.807) is 18.5 Å². The van der Waals surface area contributed by atoms with Gasteiger partial charge in [-0.15, -0.1) is 6.58 Å². The maximum atomic E-state index is 8.83. The van der Waals surface area contributed by atoms with Crippen molar-refractivity contribution in [2.45, 2.75) is 26.4 Å². The Balaban J connectivity index is 0.000000550. The summed E-state index contributed by atoms with van der Waals surface area (Å²) in [4.78, 5) is 10.5. The van der Waals surface area contributed by atoms with Gasteiger partial charge < -0.3 is 9.84 Å². The largest absolute Gasteiger partial charge is 0.472 e. The van der Waals surface area contributed by atoms with E-state index in [0.29, 0.717) is 5.88 Å². The fraction of sp³-hybridized carbons (Fsp3) is 0.571. The lowest BCUT2D eigenvalue weighted by atomic mass is 10.3. The van der Waals surface area contributed by atoms with Crippen molar-refractivity contribution in [1.82, 2.24) is 14.9 Å². The molecular weight excluding hydrogens is 242 g/mol. The monoisotopic (exact) mass is 265 g/mol. The van der Waals surface area contributed by atoms with Crippen LogP contribution < -0.4 is 4.74 Å². The van der Waals surface area contributed by atoms with Crippen LogP contribution in [0.15, 0.2) is 25.0 Å². The molecule has 1 aliphatic heterocycles. The topological polar surface area (TPSA) is 58.5 Å². The van der Waals surface area contributed by atoms with Crippen molar-refractivity contribution >= 4 is 0 Å². The van der Waals surface area contributed by atoms with Crippen LogP contribution in [0.2, 0.25) is 0 Å². The number of nitrogens with zero attached hydrogens (tertiary/aromatic N) is 3. The van der Waals surface area contributed by atoms with Crippen LogP contribution in [0.25, 0.3) is 0 Å². The molecule has 19 heavy (non-hydrogen) atoms. The molecule has 2 heterocycles. The number of likely N-dealkylation sites (tertiary alicyclic amines) is 1. The maximum Gasteiger partial charge on any atom is 0.232 e. The molecule has 1 fully saturated rings. The summed E-state index contributed by atoms with van der Waals surface area (Å²) < 4.78 is 5.71. The van der Waals surface area contributed by atoms with E-state index in [4.69, 9.17) is 9.84 Å². The molecule has 5 heteroatoms. The van der Waals surface area contributed by atoms with Crippen molar-refractivity contribution in [2.75, 3.05) is 26.2 Å². The first-order chi connectivity index (χ1) is 9.19. The van der Waals surface area contributed by atoms with Crippen LogP contribution in [0.1, 0.15) is 19.0 Å². The van der Waals surface area contributed by atoms with Crippen LogP contribution >= 0.6 is 0 Å². The average Bonchev–Trinajstić information content (AvgIpc) is 2.81. The molecule has 1 N–H and O–H groups in total. The van der Waals surface area contributed by atoms with Crippen LogP contribution in [0.5, 0.6) is 5.88 Å². The third-order valence-electron chi connectivity index (χ3n) is 2.69. The molecule has 0 spiro atoms. The summed E-state index contributed by atoms with van der Waals surface area (Å²) in [7, 11) is 0. The summed E-state index contributed by atoms with van der Waals surface area (Å²) in [5, 5.41) is 8.83. The predicted molar refractivity (Wildman–Crippen MR) is 75.2 cm³/mol. The Morgan fingerprint density at radius 3 is 2.84 bits per heavy atom. The Kier molecular flexibility index (Phi) is 7.07. The van der Waals surface area contributed by atoms with Gasteiger partial charge in [-0.05, 0) is 20.3 Å². The summed E-state index contributed by atoms with van der Waals surface area (Å²) in [6, 6.07) is 0. The van der Waals surface area contributed by atoms with E-state index < -0.39 is 0 Å². The zero-order valence-corrected chi connectivity index (χ0v) is 11.7. The molecular formula is C14H23N3O2. The number of β-amino-alcohol motifs (C(OH)–C–C–N with tert-alkyl or cyclic N) is 1. The fourth-order valence-corrected chi connectivity index (χ4v) is 1.85. The minimum absolute atomic E-state index is 0.170. The van der Waals surface area contributed by atoms with Gasteiger partial charge in [0.25, 0.3) is 0 Å². The second-order valence-electron chi connectivity index (χ2n) is 4.46. The van der Waals surface area contributed by atoms with Gasteiger partial charge in [-0.25, -0.2) is 4.98 Å². The summed E-state index contributed by atoms with van der Waals surface area (Å²) in [6.07, 6.45) is 6.26. The minimum atomic E-state index is 0.170. The first kappa shape index (κ1) is 15.6. The van der Waals surface area contributed by atoms with E-state index in [0.717, 1.165) is 31.7 Å². The highest BCUT2D eigenvalue weighted by Gasteiger charge is 2.23. The number of aliphatic hydroxyl groups is 1. The summed E-state index contributed by atoms with van der Waals surface area (Å²) >= 11 is 0. The highest BCUT2D eigenvalue weighted by molar-refractivity contribution is 5.06. The third kappa shape index (κ3) is 5.81. The van der Waals surface area contributed by atoms with E-state index in [-0.39, 0.29) is 12.7 Å². The van der Waals surface area contributed by atoms with Crippen molar-refractivity contribution in [1.29, 1.82) is 0 Å². The molecule has 2 rings (SSSR count). The van der Waals surface area contributed by atoms with Gasteiger partial charge in [-0.3, -0.25) is 9.88 Å². The van der Waals surface area contributed by atoms with Crippen LogP contribution in [-0.4, -0.2) is 52.3 Å². The van der Waals surface area contributed by atoms with Gasteiger partial charge in [0.05, 0.1) is 24.7 Å². The number of rotatable bonds is 4. The summed E-state index contributed by atoms with van der Waals surface area (Å²) in [5.74, 6) is 0.585. The number of hydrogen-bond acceptors (Lipinski definition) is 5. The van der Waals surface area contributed by atoms with Crippen molar-refractivity contribution < 1.29 is 9.84 Å². The lowest BCUT2D eigenvalue weighted by Crippen LogP contribution is -2.27. The average molecular weight is 265 g/mol. The SMILES string of the molecule is C=CC.Cc1cnc(O[C@@H]2CCN(CCO)C2)cn1. The van der Waals surface area contributed by atoms with Gasteiger partial charge in [0.15, 0.2) is 0 Å². The first-order valence-corrected chi connectivity index (χ1v) is 6.55. The number of aliphatic hydroxyl groups excluding tert-OH is 1. The number of ether oxygens (including phenoxy) is 1. The highest BCUT2D eigenvalue weighted by Crippen LogP contribution is 2.15. The molecule has 0 aliphatic carbocycles. The summed E-state index contributed by atoms with van der Waals surface area (Å²) in [6.45, 7) is 9.91. The van der Waals surface area contributed by atoms with E-state index in [2.05, 4.69) is 21.4 Å². The van der Waals surface area contributed by atoms with Crippen LogP contribution in [0, 0.1) is 6.92 Å². The van der Waals surface area contributed by atoms with E-state index in [1.807, 2.05) is 13.8 Å². The van der Waals surface area contributed by atoms with Gasteiger partial charge in [0.2, 0.25) is 5.88 Å². The smallest absolute Gasteiger partial charge is 0.232 e. The quantitative estimate of drug-likeness (QED) is 0.834. The zero-order chi connectivity index (χ0) is 14.1. The molecule has 1 atom stereocenters. The maximum absolute atomic E-state index is 8.83.